The minimum absolute atomic E-state index is 0.145. The lowest BCUT2D eigenvalue weighted by Gasteiger charge is -2.02. The molecule has 0 aromatic heterocycles. The third-order valence-corrected chi connectivity index (χ3v) is 1.56. The number of carbonyl (C=O) groups is 1. The summed E-state index contributed by atoms with van der Waals surface area (Å²) in [4.78, 5) is 10.6. The molecule has 0 aliphatic rings. The van der Waals surface area contributed by atoms with E-state index < -0.39 is 0 Å². The number of hydrogen-bond acceptors (Lipinski definition) is 3. The number of anilines is 1. The predicted molar refractivity (Wildman–Crippen MR) is 50.1 cm³/mol. The zero-order valence-corrected chi connectivity index (χ0v) is 7.73. The van der Waals surface area contributed by atoms with Crippen LogP contribution in [0.25, 0.3) is 0 Å². The molecule has 0 saturated carbocycles. The Morgan fingerprint density at radius 1 is 1.46 bits per heavy atom. The quantitative estimate of drug-likeness (QED) is 0.764. The molecule has 0 aliphatic carbocycles. The van der Waals surface area contributed by atoms with E-state index in [0.717, 1.165) is 0 Å². The van der Waals surface area contributed by atoms with Crippen LogP contribution in [0.4, 0.5) is 9.57 Å². The second kappa shape index (κ2) is 4.71. The number of benzene rings is 1. The van der Waals surface area contributed by atoms with Gasteiger partial charge in [-0.1, -0.05) is 0 Å². The van der Waals surface area contributed by atoms with Crippen molar-refractivity contribution in [2.45, 2.75) is 6.92 Å². The Bertz CT molecular complexity index is 289. The van der Waals surface area contributed by atoms with Crippen molar-refractivity contribution >= 4 is 24.0 Å². The number of carbonyl (C=O) groups excluding carboxylic acids is 1. The van der Waals surface area contributed by atoms with Crippen LogP contribution in [0, 0.1) is 0 Å². The summed E-state index contributed by atoms with van der Waals surface area (Å²) >= 11 is -0.213. The fourth-order valence-corrected chi connectivity index (χ4v) is 1.02. The Balaban J connectivity index is 2.64. The first-order valence-corrected chi connectivity index (χ1v) is 4.19. The number of nitrogens with one attached hydrogen (secondary N) is 1. The van der Waals surface area contributed by atoms with Crippen LogP contribution >= 0.6 is 12.4 Å². The summed E-state index contributed by atoms with van der Waals surface area (Å²) in [5, 5.41) is 2.58. The van der Waals surface area contributed by atoms with Crippen LogP contribution in [-0.2, 0) is 4.79 Å². The van der Waals surface area contributed by atoms with Crippen LogP contribution < -0.4 is 9.50 Å². The molecule has 1 aromatic carbocycles. The van der Waals surface area contributed by atoms with E-state index in [9.17, 15) is 8.68 Å². The molecule has 5 heteroatoms. The van der Waals surface area contributed by atoms with E-state index in [0.29, 0.717) is 11.4 Å². The second-order valence-corrected chi connectivity index (χ2v) is 2.64. The van der Waals surface area contributed by atoms with Gasteiger partial charge in [-0.3, -0.25) is 4.79 Å². The average Bonchev–Trinajstić information content (AvgIpc) is 2.08. The molecule has 0 aliphatic heterocycles. The molecule has 1 N–H and O–H groups in total. The van der Waals surface area contributed by atoms with Crippen molar-refractivity contribution in [1.82, 2.24) is 0 Å². The Labute approximate surface area is 79.8 Å². The van der Waals surface area contributed by atoms with E-state index in [1.807, 2.05) is 0 Å². The fourth-order valence-electron chi connectivity index (χ4n) is 0.833. The van der Waals surface area contributed by atoms with Crippen molar-refractivity contribution in [3.63, 3.8) is 0 Å². The molecule has 70 valence electrons. The maximum absolute atomic E-state index is 11.6. The Hall–Kier alpha value is -1.23. The highest BCUT2D eigenvalue weighted by Crippen LogP contribution is 2.19. The van der Waals surface area contributed by atoms with Gasteiger partial charge < -0.3 is 9.50 Å². The summed E-state index contributed by atoms with van der Waals surface area (Å²) in [5.74, 6) is 0.259. The molecule has 0 saturated heterocycles. The highest BCUT2D eigenvalue weighted by molar-refractivity contribution is 7.89. The van der Waals surface area contributed by atoms with Crippen LogP contribution in [0.5, 0.6) is 5.75 Å². The number of amides is 1. The van der Waals surface area contributed by atoms with Crippen LogP contribution in [0.2, 0.25) is 0 Å². The second-order valence-electron chi connectivity index (χ2n) is 2.35. The van der Waals surface area contributed by atoms with Gasteiger partial charge in [0.2, 0.25) is 5.91 Å². The molecule has 13 heavy (non-hydrogen) atoms. The van der Waals surface area contributed by atoms with Crippen molar-refractivity contribution in [1.29, 1.82) is 0 Å². The van der Waals surface area contributed by atoms with Gasteiger partial charge in [0.25, 0.3) is 12.4 Å². The van der Waals surface area contributed by atoms with Gasteiger partial charge in [-0.15, -0.1) is 3.89 Å². The minimum Gasteiger partial charge on any atom is -0.397 e. The smallest absolute Gasteiger partial charge is 0.272 e. The van der Waals surface area contributed by atoms with Crippen LogP contribution in [0.3, 0.4) is 0 Å². The molecular weight excluding hydrogens is 193 g/mol. The number of halogens is 1. The zero-order chi connectivity index (χ0) is 9.68. The normalized spacial score (nSPS) is 9.38. The molecule has 0 heterocycles. The first-order valence-electron chi connectivity index (χ1n) is 3.55. The Kier molecular flexibility index (Phi) is 3.57. The van der Waals surface area contributed by atoms with Gasteiger partial charge in [-0.05, 0) is 24.3 Å². The van der Waals surface area contributed by atoms with Gasteiger partial charge in [-0.2, -0.15) is 0 Å². The van der Waals surface area contributed by atoms with Crippen molar-refractivity contribution in [2.24, 2.45) is 0 Å². The monoisotopic (exact) mass is 201 g/mol. The molecule has 1 aromatic rings. The first kappa shape index (κ1) is 9.85. The summed E-state index contributed by atoms with van der Waals surface area (Å²) in [7, 11) is 0. The number of rotatable bonds is 3. The SMILES string of the molecule is CC(=O)Nc1ccc(OSF)cc1. The molecule has 1 rings (SSSR count). The zero-order valence-electron chi connectivity index (χ0n) is 6.91. The van der Waals surface area contributed by atoms with Crippen molar-refractivity contribution in [2.75, 3.05) is 5.32 Å². The van der Waals surface area contributed by atoms with Crippen molar-refractivity contribution in [3.05, 3.63) is 24.3 Å². The predicted octanol–water partition coefficient (Wildman–Crippen LogP) is 2.56. The maximum Gasteiger partial charge on any atom is 0.272 e. The first-order chi connectivity index (χ1) is 6.22. The topological polar surface area (TPSA) is 38.3 Å². The van der Waals surface area contributed by atoms with E-state index in [2.05, 4.69) is 9.50 Å². The van der Waals surface area contributed by atoms with Gasteiger partial charge in [0.05, 0.1) is 0 Å². The Morgan fingerprint density at radius 2 is 2.08 bits per heavy atom. The molecule has 3 nitrogen and oxygen atoms in total. The summed E-state index contributed by atoms with van der Waals surface area (Å²) in [6.45, 7) is 1.42. The number of hydrogen-bond donors (Lipinski definition) is 1. The lowest BCUT2D eigenvalue weighted by Crippen LogP contribution is -2.05. The van der Waals surface area contributed by atoms with Crippen LogP contribution in [0.15, 0.2) is 24.3 Å². The van der Waals surface area contributed by atoms with E-state index in [1.54, 1.807) is 24.3 Å². The van der Waals surface area contributed by atoms with Crippen LogP contribution in [-0.4, -0.2) is 5.91 Å². The van der Waals surface area contributed by atoms with Gasteiger partial charge in [0.15, 0.2) is 0 Å². The van der Waals surface area contributed by atoms with Crippen LogP contribution in [0.1, 0.15) is 6.92 Å². The molecule has 0 radical (unpaired) electrons. The van der Waals surface area contributed by atoms with Gasteiger partial charge >= 0.3 is 0 Å². The highest BCUT2D eigenvalue weighted by Gasteiger charge is 1.96. The van der Waals surface area contributed by atoms with E-state index >= 15 is 0 Å². The molecule has 0 atom stereocenters. The lowest BCUT2D eigenvalue weighted by molar-refractivity contribution is -0.114. The van der Waals surface area contributed by atoms with E-state index in [4.69, 9.17) is 0 Å². The summed E-state index contributed by atoms with van der Waals surface area (Å²) in [6.07, 6.45) is 0. The van der Waals surface area contributed by atoms with Crippen molar-refractivity contribution < 1.29 is 12.9 Å². The molecule has 0 spiro atoms. The van der Waals surface area contributed by atoms with Crippen molar-refractivity contribution in [3.8, 4) is 5.75 Å². The summed E-state index contributed by atoms with van der Waals surface area (Å²) in [5.41, 5.74) is 0.656. The summed E-state index contributed by atoms with van der Waals surface area (Å²) < 4.78 is 16.1. The Morgan fingerprint density at radius 3 is 2.54 bits per heavy atom. The maximum atomic E-state index is 11.6. The highest BCUT2D eigenvalue weighted by atomic mass is 32.2. The molecular formula is C8H8FNO2S. The van der Waals surface area contributed by atoms with Gasteiger partial charge in [-0.25, -0.2) is 0 Å². The van der Waals surface area contributed by atoms with E-state index in [1.165, 1.54) is 6.92 Å². The largest absolute Gasteiger partial charge is 0.397 e. The average molecular weight is 201 g/mol. The van der Waals surface area contributed by atoms with Gasteiger partial charge in [0.1, 0.15) is 5.75 Å². The summed E-state index contributed by atoms with van der Waals surface area (Å²) in [6, 6.07) is 6.40. The molecule has 0 bridgehead atoms. The molecule has 0 fully saturated rings. The van der Waals surface area contributed by atoms with E-state index in [-0.39, 0.29) is 18.3 Å². The third-order valence-electron chi connectivity index (χ3n) is 1.30. The molecule has 1 amide bonds. The third kappa shape index (κ3) is 3.33. The molecule has 0 unspecified atom stereocenters. The van der Waals surface area contributed by atoms with Gasteiger partial charge in [0, 0.05) is 12.6 Å². The fraction of sp³-hybridized carbons (Fsp3) is 0.125. The lowest BCUT2D eigenvalue weighted by atomic mass is 10.3. The minimum atomic E-state index is -0.213. The standard InChI is InChI=1S/C8H8FNO2S/c1-6(11)10-7-2-4-8(5-3-7)12-13-9/h2-5H,1H3,(H,10,11).